The lowest BCUT2D eigenvalue weighted by molar-refractivity contribution is 0.765. The minimum absolute atomic E-state index is 0.825. The first-order valence-electron chi connectivity index (χ1n) is 5.88. The van der Waals surface area contributed by atoms with Crippen molar-refractivity contribution in [3.05, 3.63) is 41.6 Å². The van der Waals surface area contributed by atoms with E-state index in [0.717, 1.165) is 24.6 Å². The molecule has 0 radical (unpaired) electrons. The van der Waals surface area contributed by atoms with Crippen molar-refractivity contribution in [2.75, 3.05) is 11.9 Å². The monoisotopic (exact) mass is 230 g/mol. The third-order valence-electron chi connectivity index (χ3n) is 2.88. The summed E-state index contributed by atoms with van der Waals surface area (Å²) < 4.78 is 2.14. The molecule has 0 saturated heterocycles. The van der Waals surface area contributed by atoms with Crippen LogP contribution < -0.4 is 5.32 Å². The van der Waals surface area contributed by atoms with Gasteiger partial charge < -0.3 is 9.88 Å². The Balaban J connectivity index is 2.11. The fourth-order valence-electron chi connectivity index (χ4n) is 1.70. The number of nitrogens with one attached hydrogen (secondary N) is 1. The Hall–Kier alpha value is -1.84. The molecule has 90 valence electrons. The van der Waals surface area contributed by atoms with E-state index in [2.05, 4.69) is 39.8 Å². The summed E-state index contributed by atoms with van der Waals surface area (Å²) >= 11 is 0. The Labute approximate surface area is 102 Å². The zero-order valence-corrected chi connectivity index (χ0v) is 10.6. The van der Waals surface area contributed by atoms with E-state index in [1.54, 1.807) is 0 Å². The predicted octanol–water partition coefficient (Wildman–Crippen LogP) is 2.38. The van der Waals surface area contributed by atoms with Gasteiger partial charge in [0.15, 0.2) is 0 Å². The molecule has 1 N–H and O–H groups in total. The molecule has 0 atom stereocenters. The number of rotatable bonds is 4. The van der Waals surface area contributed by atoms with E-state index in [0.29, 0.717) is 0 Å². The smallest absolute Gasteiger partial charge is 0.125 e. The van der Waals surface area contributed by atoms with Crippen LogP contribution in [0.1, 0.15) is 23.9 Å². The lowest BCUT2D eigenvalue weighted by atomic mass is 10.2. The third kappa shape index (κ3) is 2.64. The molecule has 4 nitrogen and oxygen atoms in total. The summed E-state index contributed by atoms with van der Waals surface area (Å²) in [4.78, 5) is 8.65. The summed E-state index contributed by atoms with van der Waals surface area (Å²) in [5.74, 6) is 0.926. The number of imidazole rings is 1. The molecule has 0 aliphatic rings. The van der Waals surface area contributed by atoms with Crippen molar-refractivity contribution in [2.24, 2.45) is 0 Å². The first-order chi connectivity index (χ1) is 8.20. The highest BCUT2D eigenvalue weighted by atomic mass is 15.1. The van der Waals surface area contributed by atoms with Crippen molar-refractivity contribution >= 4 is 5.82 Å². The predicted molar refractivity (Wildman–Crippen MR) is 69.2 cm³/mol. The highest BCUT2D eigenvalue weighted by Gasteiger charge is 2.03. The van der Waals surface area contributed by atoms with Crippen molar-refractivity contribution in [2.45, 2.75) is 27.3 Å². The van der Waals surface area contributed by atoms with Crippen molar-refractivity contribution < 1.29 is 0 Å². The van der Waals surface area contributed by atoms with Gasteiger partial charge in [-0.2, -0.15) is 0 Å². The number of aromatic nitrogens is 3. The summed E-state index contributed by atoms with van der Waals surface area (Å²) in [6.45, 7) is 7.90. The topological polar surface area (TPSA) is 42.7 Å². The fraction of sp³-hybridized carbons (Fsp3) is 0.385. The Morgan fingerprint density at radius 1 is 1.24 bits per heavy atom. The number of pyridine rings is 1. The van der Waals surface area contributed by atoms with Gasteiger partial charge in [-0.15, -0.1) is 0 Å². The highest BCUT2D eigenvalue weighted by Crippen LogP contribution is 2.10. The van der Waals surface area contributed by atoms with Gasteiger partial charge >= 0.3 is 0 Å². The maximum atomic E-state index is 4.36. The van der Waals surface area contributed by atoms with E-state index in [4.69, 9.17) is 0 Å². The molecule has 4 heteroatoms. The maximum absolute atomic E-state index is 4.36. The van der Waals surface area contributed by atoms with Crippen molar-refractivity contribution in [3.63, 3.8) is 0 Å². The average Bonchev–Trinajstić information content (AvgIpc) is 2.64. The molecule has 2 heterocycles. The molecular formula is C13H18N4. The fourth-order valence-corrected chi connectivity index (χ4v) is 1.70. The molecule has 0 amide bonds. The largest absolute Gasteiger partial charge is 0.370 e. The van der Waals surface area contributed by atoms with Crippen molar-refractivity contribution in [1.82, 2.24) is 14.5 Å². The van der Waals surface area contributed by atoms with Crippen LogP contribution in [0.4, 0.5) is 5.82 Å². The van der Waals surface area contributed by atoms with Gasteiger partial charge in [0.2, 0.25) is 0 Å². The summed E-state index contributed by atoms with van der Waals surface area (Å²) in [6.07, 6.45) is 3.79. The average molecular weight is 230 g/mol. The molecule has 0 unspecified atom stereocenters. The van der Waals surface area contributed by atoms with E-state index in [1.807, 2.05) is 25.5 Å². The van der Waals surface area contributed by atoms with Crippen LogP contribution in [0.25, 0.3) is 0 Å². The maximum Gasteiger partial charge on any atom is 0.125 e. The standard InChI is InChI=1S/C13H18N4/c1-4-14-13-6-5-12(7-15-13)8-17-9-16-10(2)11(17)3/h5-7,9H,4,8H2,1-3H3,(H,14,15). The molecule has 2 aromatic rings. The van der Waals surface area contributed by atoms with Crippen molar-refractivity contribution in [1.29, 1.82) is 0 Å². The van der Waals surface area contributed by atoms with E-state index in [1.165, 1.54) is 11.3 Å². The Morgan fingerprint density at radius 3 is 2.59 bits per heavy atom. The molecule has 17 heavy (non-hydrogen) atoms. The Kier molecular flexibility index (Phi) is 3.42. The normalized spacial score (nSPS) is 10.5. The van der Waals surface area contributed by atoms with Gasteiger partial charge in [0.05, 0.1) is 18.6 Å². The Bertz CT molecular complexity index is 485. The first kappa shape index (κ1) is 11.6. The Morgan fingerprint density at radius 2 is 2.06 bits per heavy atom. The van der Waals surface area contributed by atoms with Crippen LogP contribution in [0.15, 0.2) is 24.7 Å². The molecule has 0 aliphatic heterocycles. The molecule has 2 aromatic heterocycles. The van der Waals surface area contributed by atoms with Crippen LogP contribution in [-0.2, 0) is 6.54 Å². The molecule has 0 saturated carbocycles. The third-order valence-corrected chi connectivity index (χ3v) is 2.88. The SMILES string of the molecule is CCNc1ccc(Cn2cnc(C)c2C)cn1. The van der Waals surface area contributed by atoms with E-state index in [9.17, 15) is 0 Å². The zero-order valence-electron chi connectivity index (χ0n) is 10.6. The second kappa shape index (κ2) is 4.99. The second-order valence-electron chi connectivity index (χ2n) is 4.13. The molecule has 0 aromatic carbocycles. The van der Waals surface area contributed by atoms with Gasteiger partial charge in [0.25, 0.3) is 0 Å². The minimum atomic E-state index is 0.825. The molecule has 0 spiro atoms. The van der Waals surface area contributed by atoms with Crippen LogP contribution in [0.3, 0.4) is 0 Å². The van der Waals surface area contributed by atoms with Gasteiger partial charge in [-0.1, -0.05) is 6.07 Å². The second-order valence-corrected chi connectivity index (χ2v) is 4.13. The number of hydrogen-bond acceptors (Lipinski definition) is 3. The highest BCUT2D eigenvalue weighted by molar-refractivity contribution is 5.35. The van der Waals surface area contributed by atoms with Gasteiger partial charge in [0.1, 0.15) is 5.82 Å². The summed E-state index contributed by atoms with van der Waals surface area (Å²) in [6, 6.07) is 4.11. The van der Waals surface area contributed by atoms with Gasteiger partial charge in [-0.05, 0) is 32.4 Å². The molecule has 0 aliphatic carbocycles. The van der Waals surface area contributed by atoms with Crippen LogP contribution in [-0.4, -0.2) is 21.1 Å². The molecular weight excluding hydrogens is 212 g/mol. The number of anilines is 1. The quantitative estimate of drug-likeness (QED) is 0.877. The zero-order chi connectivity index (χ0) is 12.3. The van der Waals surface area contributed by atoms with Gasteiger partial charge in [-0.3, -0.25) is 0 Å². The summed E-state index contributed by atoms with van der Waals surface area (Å²) in [5.41, 5.74) is 3.48. The summed E-state index contributed by atoms with van der Waals surface area (Å²) in [5, 5.41) is 3.18. The van der Waals surface area contributed by atoms with E-state index < -0.39 is 0 Å². The van der Waals surface area contributed by atoms with Crippen LogP contribution in [0.5, 0.6) is 0 Å². The molecule has 0 bridgehead atoms. The van der Waals surface area contributed by atoms with Gasteiger partial charge in [-0.25, -0.2) is 9.97 Å². The lowest BCUT2D eigenvalue weighted by Crippen LogP contribution is -2.03. The van der Waals surface area contributed by atoms with Crippen LogP contribution >= 0.6 is 0 Å². The lowest BCUT2D eigenvalue weighted by Gasteiger charge is -2.07. The van der Waals surface area contributed by atoms with Gasteiger partial charge in [0, 0.05) is 18.4 Å². The first-order valence-corrected chi connectivity index (χ1v) is 5.88. The number of hydrogen-bond donors (Lipinski definition) is 1. The van der Waals surface area contributed by atoms with Crippen LogP contribution in [0.2, 0.25) is 0 Å². The molecule has 2 rings (SSSR count). The number of aryl methyl sites for hydroxylation is 1. The number of nitrogens with zero attached hydrogens (tertiary/aromatic N) is 3. The molecule has 0 fully saturated rings. The van der Waals surface area contributed by atoms with Crippen molar-refractivity contribution in [3.8, 4) is 0 Å². The minimum Gasteiger partial charge on any atom is -0.370 e. The van der Waals surface area contributed by atoms with E-state index in [-0.39, 0.29) is 0 Å². The summed E-state index contributed by atoms with van der Waals surface area (Å²) in [7, 11) is 0. The van der Waals surface area contributed by atoms with Crippen LogP contribution in [0, 0.1) is 13.8 Å². The van der Waals surface area contributed by atoms with E-state index >= 15 is 0 Å².